The van der Waals surface area contributed by atoms with E-state index in [4.69, 9.17) is 42.1 Å². The molecular weight excluding hydrogens is 691 g/mol. The summed E-state index contributed by atoms with van der Waals surface area (Å²) >= 11 is 14.4. The number of rotatable bonds is 12. The maximum Gasteiger partial charge on any atom is 0.343 e. The van der Waals surface area contributed by atoms with Crippen molar-refractivity contribution in [1.82, 2.24) is 4.57 Å². The number of hydrogen-bond acceptors (Lipinski definition) is 10. The number of halogens is 2. The number of aromatic nitrogens is 1. The first kappa shape index (κ1) is 35.7. The molecule has 2 heterocycles. The molecule has 0 aliphatic carbocycles. The lowest BCUT2D eigenvalue weighted by Crippen LogP contribution is -2.40. The van der Waals surface area contributed by atoms with Crippen LogP contribution in [0.25, 0.3) is 6.08 Å². The number of allylic oxidation sites excluding steroid dienone is 1. The van der Waals surface area contributed by atoms with Crippen LogP contribution in [0.15, 0.2) is 75.7 Å². The van der Waals surface area contributed by atoms with Gasteiger partial charge in [-0.15, -0.1) is 0 Å². The van der Waals surface area contributed by atoms with E-state index in [1.807, 2.05) is 31.2 Å². The molecule has 1 aliphatic rings. The number of methoxy groups -OCH3 is 1. The van der Waals surface area contributed by atoms with Crippen molar-refractivity contribution in [3.8, 4) is 17.2 Å². The van der Waals surface area contributed by atoms with Crippen molar-refractivity contribution in [3.63, 3.8) is 0 Å². The highest BCUT2D eigenvalue weighted by molar-refractivity contribution is 7.07. The normalized spacial score (nSPS) is 14.2. The van der Waals surface area contributed by atoms with Gasteiger partial charge in [0.1, 0.15) is 6.61 Å². The molecule has 256 valence electrons. The first-order valence-corrected chi connectivity index (χ1v) is 16.9. The van der Waals surface area contributed by atoms with Crippen molar-refractivity contribution in [1.29, 1.82) is 0 Å². The van der Waals surface area contributed by atoms with Gasteiger partial charge in [-0.3, -0.25) is 9.36 Å². The topological polar surface area (TPSA) is 115 Å². The fourth-order valence-corrected chi connectivity index (χ4v) is 6.95. The molecule has 0 N–H and O–H groups in total. The molecule has 0 amide bonds. The maximum absolute atomic E-state index is 14.2. The number of ether oxygens (including phenoxy) is 5. The Bertz CT molecular complexity index is 2100. The Labute approximate surface area is 296 Å². The van der Waals surface area contributed by atoms with Gasteiger partial charge >= 0.3 is 11.9 Å². The maximum atomic E-state index is 14.2. The smallest absolute Gasteiger partial charge is 0.343 e. The summed E-state index contributed by atoms with van der Waals surface area (Å²) in [6, 6.07) is 15.3. The van der Waals surface area contributed by atoms with E-state index in [1.165, 1.54) is 11.7 Å². The van der Waals surface area contributed by atoms with Gasteiger partial charge in [0.2, 0.25) is 0 Å². The Morgan fingerprint density at radius 3 is 2.39 bits per heavy atom. The van der Waals surface area contributed by atoms with Crippen LogP contribution in [0, 0.1) is 6.92 Å². The third-order valence-corrected chi connectivity index (χ3v) is 9.00. The molecule has 0 saturated heterocycles. The quantitative estimate of drug-likeness (QED) is 0.165. The lowest BCUT2D eigenvalue weighted by molar-refractivity contribution is -0.143. The van der Waals surface area contributed by atoms with Gasteiger partial charge in [0.25, 0.3) is 5.56 Å². The molecule has 3 aromatic carbocycles. The Morgan fingerprint density at radius 1 is 0.959 bits per heavy atom. The minimum atomic E-state index is -0.907. The second-order valence-electron chi connectivity index (χ2n) is 10.9. The van der Waals surface area contributed by atoms with Gasteiger partial charge in [-0.1, -0.05) is 70.4 Å². The van der Waals surface area contributed by atoms with Crippen LogP contribution < -0.4 is 29.1 Å². The number of aryl methyl sites for hydroxylation is 1. The first-order chi connectivity index (χ1) is 23.5. The highest BCUT2D eigenvalue weighted by atomic mass is 35.5. The van der Waals surface area contributed by atoms with E-state index in [1.54, 1.807) is 57.2 Å². The Hall–Kier alpha value is -4.58. The molecule has 0 saturated carbocycles. The van der Waals surface area contributed by atoms with Crippen LogP contribution in [-0.2, 0) is 25.7 Å². The Morgan fingerprint density at radius 2 is 1.71 bits per heavy atom. The first-order valence-electron chi connectivity index (χ1n) is 15.4. The van der Waals surface area contributed by atoms with Crippen molar-refractivity contribution < 1.29 is 33.3 Å². The molecule has 5 rings (SSSR count). The van der Waals surface area contributed by atoms with Crippen LogP contribution in [0.2, 0.25) is 10.0 Å². The number of carbonyl (C=O) groups excluding carboxylic acids is 2. The van der Waals surface area contributed by atoms with Gasteiger partial charge in [-0.05, 0) is 74.7 Å². The van der Waals surface area contributed by atoms with Gasteiger partial charge in [0, 0.05) is 0 Å². The summed E-state index contributed by atoms with van der Waals surface area (Å²) < 4.78 is 29.3. The lowest BCUT2D eigenvalue weighted by atomic mass is 9.95. The SMILES string of the molecule is CCOC(=O)C1=C(C)N=c2s/c(=C\c3cc(Cl)c(OCc4cccc(C)c4)c(Cl)c3)c(=O)n2[C@H]1c1ccc(OCC(=O)OC)c(OCC)c1. The lowest BCUT2D eigenvalue weighted by Gasteiger charge is -2.25. The van der Waals surface area contributed by atoms with Crippen LogP contribution in [0.5, 0.6) is 17.2 Å². The standard InChI is InChI=1S/C36H34Cl2N2O8S/c1-6-45-28-17-24(11-12-27(28)47-19-30(41)44-5)32-31(35(43)46-7-2)21(4)39-36-40(32)34(42)29(49-36)16-23-14-25(37)33(26(38)15-23)48-18-22-10-8-9-20(3)13-22/h8-17,32H,6-7,18-19H2,1-5H3/b29-16-/t32-/m0/s1. The van der Waals surface area contributed by atoms with Crippen LogP contribution in [0.1, 0.15) is 49.1 Å². The fourth-order valence-electron chi connectivity index (χ4n) is 5.29. The van der Waals surface area contributed by atoms with Crippen LogP contribution in [-0.4, -0.2) is 43.4 Å². The predicted molar refractivity (Wildman–Crippen MR) is 187 cm³/mol. The number of thiazole rings is 1. The van der Waals surface area contributed by atoms with Crippen molar-refractivity contribution in [2.75, 3.05) is 26.9 Å². The summed E-state index contributed by atoms with van der Waals surface area (Å²) in [7, 11) is 1.26. The molecule has 0 fully saturated rings. The molecular formula is C36H34Cl2N2O8S. The molecule has 49 heavy (non-hydrogen) atoms. The molecule has 0 unspecified atom stereocenters. The Balaban J connectivity index is 1.57. The fraction of sp³-hybridized carbons (Fsp3) is 0.278. The second kappa shape index (κ2) is 15.8. The summed E-state index contributed by atoms with van der Waals surface area (Å²) in [6.45, 7) is 7.58. The summed E-state index contributed by atoms with van der Waals surface area (Å²) in [5.41, 5.74) is 3.42. The number of esters is 2. The number of nitrogens with zero attached hydrogens (tertiary/aromatic N) is 2. The van der Waals surface area contributed by atoms with E-state index in [0.29, 0.717) is 50.0 Å². The second-order valence-corrected chi connectivity index (χ2v) is 12.7. The molecule has 0 bridgehead atoms. The zero-order valence-corrected chi connectivity index (χ0v) is 29.8. The van der Waals surface area contributed by atoms with E-state index >= 15 is 0 Å². The van der Waals surface area contributed by atoms with Crippen LogP contribution in [0.4, 0.5) is 0 Å². The highest BCUT2D eigenvalue weighted by Crippen LogP contribution is 2.37. The summed E-state index contributed by atoms with van der Waals surface area (Å²) in [6.07, 6.45) is 1.67. The molecule has 1 aromatic heterocycles. The monoisotopic (exact) mass is 724 g/mol. The number of fused-ring (bicyclic) bond motifs is 1. The largest absolute Gasteiger partial charge is 0.490 e. The molecule has 1 atom stereocenters. The van der Waals surface area contributed by atoms with Gasteiger partial charge in [-0.25, -0.2) is 14.6 Å². The van der Waals surface area contributed by atoms with E-state index in [2.05, 4.69) is 9.73 Å². The number of benzene rings is 3. The molecule has 0 spiro atoms. The van der Waals surface area contributed by atoms with Gasteiger partial charge < -0.3 is 23.7 Å². The van der Waals surface area contributed by atoms with Crippen LogP contribution in [0.3, 0.4) is 0 Å². The molecule has 10 nitrogen and oxygen atoms in total. The highest BCUT2D eigenvalue weighted by Gasteiger charge is 2.34. The zero-order chi connectivity index (χ0) is 35.2. The summed E-state index contributed by atoms with van der Waals surface area (Å²) in [5.74, 6) is -0.220. The Kier molecular flexibility index (Phi) is 11.5. The van der Waals surface area contributed by atoms with E-state index in [9.17, 15) is 14.4 Å². The van der Waals surface area contributed by atoms with E-state index < -0.39 is 18.0 Å². The molecule has 0 radical (unpaired) electrons. The van der Waals surface area contributed by atoms with Gasteiger partial charge in [0.05, 0.1) is 52.2 Å². The van der Waals surface area contributed by atoms with E-state index in [0.717, 1.165) is 22.5 Å². The van der Waals surface area contributed by atoms with Crippen molar-refractivity contribution in [2.45, 2.75) is 40.3 Å². The molecule has 1 aliphatic heterocycles. The molecule has 4 aromatic rings. The average Bonchev–Trinajstić information content (AvgIpc) is 3.36. The van der Waals surface area contributed by atoms with Crippen molar-refractivity contribution in [3.05, 3.63) is 118 Å². The van der Waals surface area contributed by atoms with Gasteiger partial charge in [0.15, 0.2) is 28.7 Å². The van der Waals surface area contributed by atoms with Gasteiger partial charge in [-0.2, -0.15) is 0 Å². The minimum Gasteiger partial charge on any atom is -0.490 e. The van der Waals surface area contributed by atoms with Crippen molar-refractivity contribution >= 4 is 52.6 Å². The summed E-state index contributed by atoms with van der Waals surface area (Å²) in [5, 5.41) is 0.575. The zero-order valence-electron chi connectivity index (χ0n) is 27.5. The van der Waals surface area contributed by atoms with Crippen molar-refractivity contribution in [2.24, 2.45) is 4.99 Å². The third-order valence-electron chi connectivity index (χ3n) is 7.46. The third kappa shape index (κ3) is 8.01. The predicted octanol–water partition coefficient (Wildman–Crippen LogP) is 5.94. The number of carbonyl (C=O) groups is 2. The average molecular weight is 726 g/mol. The van der Waals surface area contributed by atoms with E-state index in [-0.39, 0.29) is 41.0 Å². The summed E-state index contributed by atoms with van der Waals surface area (Å²) in [4.78, 5) is 44.3. The van der Waals surface area contributed by atoms with Crippen LogP contribution >= 0.6 is 34.5 Å². The molecule has 13 heteroatoms. The number of hydrogen-bond donors (Lipinski definition) is 0. The minimum absolute atomic E-state index is 0.128.